The van der Waals surface area contributed by atoms with Gasteiger partial charge in [-0.05, 0) is 19.1 Å². The number of hydrogen-bond acceptors (Lipinski definition) is 4. The van der Waals surface area contributed by atoms with Crippen molar-refractivity contribution >= 4 is 17.2 Å². The summed E-state index contributed by atoms with van der Waals surface area (Å²) in [7, 11) is 1.10. The van der Waals surface area contributed by atoms with E-state index in [4.69, 9.17) is 0 Å². The van der Waals surface area contributed by atoms with Crippen LogP contribution in [0.5, 0.6) is 0 Å². The second-order valence-corrected chi connectivity index (χ2v) is 3.99. The van der Waals surface area contributed by atoms with E-state index in [-0.39, 0.29) is 11.3 Å². The molecule has 0 atom stereocenters. The van der Waals surface area contributed by atoms with Crippen LogP contribution in [0, 0.1) is 10.1 Å². The summed E-state index contributed by atoms with van der Waals surface area (Å²) >= 11 is 0. The molecule has 0 heterocycles. The Labute approximate surface area is 106 Å². The maximum atomic E-state index is 12.3. The number of nitro groups is 1. The lowest BCUT2D eigenvalue weighted by Crippen LogP contribution is -2.31. The van der Waals surface area contributed by atoms with Crippen molar-refractivity contribution in [2.24, 2.45) is 0 Å². The van der Waals surface area contributed by atoms with Crippen molar-refractivity contribution in [3.63, 3.8) is 0 Å². The fourth-order valence-corrected chi connectivity index (χ4v) is 1.57. The summed E-state index contributed by atoms with van der Waals surface area (Å²) in [6.07, 6.45) is -4.47. The fraction of sp³-hybridized carbons (Fsp3) is 0.364. The Bertz CT molecular complexity index is 514. The maximum absolute atomic E-state index is 12.3. The van der Waals surface area contributed by atoms with Crippen molar-refractivity contribution in [1.82, 2.24) is 0 Å². The Morgan fingerprint density at radius 3 is 2.42 bits per heavy atom. The number of nitro benzene ring substituents is 1. The first-order valence-electron chi connectivity index (χ1n) is 5.19. The zero-order chi connectivity index (χ0) is 14.8. The van der Waals surface area contributed by atoms with E-state index in [0.29, 0.717) is 0 Å². The van der Waals surface area contributed by atoms with E-state index < -0.39 is 29.1 Å². The third-order valence-electron chi connectivity index (χ3n) is 2.41. The first kappa shape index (κ1) is 14.9. The normalized spacial score (nSPS) is 11.2. The van der Waals surface area contributed by atoms with Crippen molar-refractivity contribution in [3.05, 3.63) is 33.9 Å². The maximum Gasteiger partial charge on any atom is 0.405 e. The molecule has 0 saturated heterocycles. The Hall–Kier alpha value is -2.12. The number of alkyl halides is 3. The fourth-order valence-electron chi connectivity index (χ4n) is 1.57. The molecule has 0 N–H and O–H groups in total. The molecule has 1 aromatic rings. The van der Waals surface area contributed by atoms with Crippen LogP contribution in [0.25, 0.3) is 0 Å². The minimum Gasteiger partial charge on any atom is -0.360 e. The van der Waals surface area contributed by atoms with Crippen LogP contribution >= 0.6 is 0 Å². The van der Waals surface area contributed by atoms with Gasteiger partial charge >= 0.3 is 6.18 Å². The number of carbonyl (C=O) groups excluding carboxylic acids is 1. The van der Waals surface area contributed by atoms with Crippen molar-refractivity contribution in [2.45, 2.75) is 13.1 Å². The predicted molar refractivity (Wildman–Crippen MR) is 62.4 cm³/mol. The summed E-state index contributed by atoms with van der Waals surface area (Å²) in [5.74, 6) is -0.395. The molecule has 5 nitrogen and oxygen atoms in total. The van der Waals surface area contributed by atoms with Crippen molar-refractivity contribution in [1.29, 1.82) is 0 Å². The number of halogens is 3. The highest BCUT2D eigenvalue weighted by Crippen LogP contribution is 2.30. The van der Waals surface area contributed by atoms with Gasteiger partial charge < -0.3 is 4.90 Å². The average molecular weight is 276 g/mol. The molecule has 0 fully saturated rings. The van der Waals surface area contributed by atoms with E-state index >= 15 is 0 Å². The first-order chi connectivity index (χ1) is 8.61. The Morgan fingerprint density at radius 1 is 1.42 bits per heavy atom. The summed E-state index contributed by atoms with van der Waals surface area (Å²) in [5.41, 5.74) is -0.636. The quantitative estimate of drug-likeness (QED) is 0.482. The standard InChI is InChI=1S/C11H11F3N2O3/c1-7(17)8-3-4-9(10(5-8)16(18)19)15(2)6-11(12,13)14/h3-5H,6H2,1-2H3. The topological polar surface area (TPSA) is 63.5 Å². The molecular formula is C11H11F3N2O3. The molecule has 0 spiro atoms. The molecule has 0 bridgehead atoms. The second kappa shape index (κ2) is 5.25. The van der Waals surface area contributed by atoms with Crippen LogP contribution in [0.1, 0.15) is 17.3 Å². The molecule has 1 aromatic carbocycles. The van der Waals surface area contributed by atoms with Gasteiger partial charge in [0.05, 0.1) is 4.92 Å². The number of ketones is 1. The lowest BCUT2D eigenvalue weighted by molar-refractivity contribution is -0.384. The SMILES string of the molecule is CC(=O)c1ccc(N(C)CC(F)(F)F)c([N+](=O)[O-])c1. The number of carbonyl (C=O) groups is 1. The summed E-state index contributed by atoms with van der Waals surface area (Å²) in [4.78, 5) is 21.9. The van der Waals surface area contributed by atoms with E-state index in [1.807, 2.05) is 0 Å². The number of benzene rings is 1. The van der Waals surface area contributed by atoms with Gasteiger partial charge in [-0.25, -0.2) is 0 Å². The van der Waals surface area contributed by atoms with Crippen LogP contribution in [0.4, 0.5) is 24.5 Å². The number of anilines is 1. The van der Waals surface area contributed by atoms with Crippen LogP contribution in [0.2, 0.25) is 0 Å². The van der Waals surface area contributed by atoms with Crippen LogP contribution in [0.3, 0.4) is 0 Å². The van der Waals surface area contributed by atoms with E-state index in [2.05, 4.69) is 0 Å². The van der Waals surface area contributed by atoms with Crippen LogP contribution in [0.15, 0.2) is 18.2 Å². The Kier molecular flexibility index (Phi) is 4.13. The van der Waals surface area contributed by atoms with Gasteiger partial charge in [0.25, 0.3) is 5.69 Å². The summed E-state index contributed by atoms with van der Waals surface area (Å²) < 4.78 is 36.8. The molecule has 1 rings (SSSR count). The van der Waals surface area contributed by atoms with E-state index in [0.717, 1.165) is 24.1 Å². The molecule has 0 unspecified atom stereocenters. The zero-order valence-corrected chi connectivity index (χ0v) is 10.2. The lowest BCUT2D eigenvalue weighted by atomic mass is 10.1. The largest absolute Gasteiger partial charge is 0.405 e. The molecule has 8 heteroatoms. The highest BCUT2D eigenvalue weighted by Gasteiger charge is 2.31. The first-order valence-corrected chi connectivity index (χ1v) is 5.19. The van der Waals surface area contributed by atoms with Crippen molar-refractivity contribution in [3.8, 4) is 0 Å². The lowest BCUT2D eigenvalue weighted by Gasteiger charge is -2.20. The second-order valence-electron chi connectivity index (χ2n) is 3.99. The molecule has 19 heavy (non-hydrogen) atoms. The van der Waals surface area contributed by atoms with Gasteiger partial charge in [-0.15, -0.1) is 0 Å². The Balaban J connectivity index is 3.20. The number of hydrogen-bond donors (Lipinski definition) is 0. The van der Waals surface area contributed by atoms with Gasteiger partial charge in [0.1, 0.15) is 12.2 Å². The summed E-state index contributed by atoms with van der Waals surface area (Å²) in [6.45, 7) is -0.0918. The number of Topliss-reactive ketones (excluding diaryl/α,β-unsaturated/α-hetero) is 1. The van der Waals surface area contributed by atoms with Gasteiger partial charge in [-0.3, -0.25) is 14.9 Å². The zero-order valence-electron chi connectivity index (χ0n) is 10.2. The molecule has 0 aliphatic heterocycles. The molecule has 0 aromatic heterocycles. The van der Waals surface area contributed by atoms with Crippen LogP contribution in [-0.2, 0) is 0 Å². The third-order valence-corrected chi connectivity index (χ3v) is 2.41. The van der Waals surface area contributed by atoms with Gasteiger partial charge in [-0.2, -0.15) is 13.2 Å². The third kappa shape index (κ3) is 3.94. The van der Waals surface area contributed by atoms with Crippen molar-refractivity contribution < 1.29 is 22.9 Å². The highest BCUT2D eigenvalue weighted by atomic mass is 19.4. The van der Waals surface area contributed by atoms with Crippen molar-refractivity contribution in [2.75, 3.05) is 18.5 Å². The molecule has 0 aliphatic carbocycles. The molecule has 0 saturated carbocycles. The highest BCUT2D eigenvalue weighted by molar-refractivity contribution is 5.95. The molecule has 0 aliphatic rings. The number of rotatable bonds is 4. The minimum atomic E-state index is -4.47. The predicted octanol–water partition coefficient (Wildman–Crippen LogP) is 2.80. The Morgan fingerprint density at radius 2 is 2.00 bits per heavy atom. The van der Waals surface area contributed by atoms with Crippen LogP contribution < -0.4 is 4.90 Å². The molecule has 0 amide bonds. The number of nitrogens with zero attached hydrogens (tertiary/aromatic N) is 2. The van der Waals surface area contributed by atoms with E-state index in [1.165, 1.54) is 13.0 Å². The van der Waals surface area contributed by atoms with Gasteiger partial charge in [0.2, 0.25) is 0 Å². The van der Waals surface area contributed by atoms with E-state index in [1.54, 1.807) is 0 Å². The van der Waals surface area contributed by atoms with E-state index in [9.17, 15) is 28.1 Å². The molecular weight excluding hydrogens is 265 g/mol. The monoisotopic (exact) mass is 276 g/mol. The van der Waals surface area contributed by atoms with Gasteiger partial charge in [0, 0.05) is 18.7 Å². The molecule has 104 valence electrons. The smallest absolute Gasteiger partial charge is 0.360 e. The average Bonchev–Trinajstić information content (AvgIpc) is 2.25. The van der Waals surface area contributed by atoms with Gasteiger partial charge in [0.15, 0.2) is 5.78 Å². The molecule has 0 radical (unpaired) electrons. The van der Waals surface area contributed by atoms with Gasteiger partial charge in [-0.1, -0.05) is 0 Å². The minimum absolute atomic E-state index is 0.0795. The van der Waals surface area contributed by atoms with Crippen LogP contribution in [-0.4, -0.2) is 30.5 Å². The summed E-state index contributed by atoms with van der Waals surface area (Å²) in [5, 5.41) is 10.9. The summed E-state index contributed by atoms with van der Waals surface area (Å²) in [6, 6.07) is 3.38.